The normalized spacial score (nSPS) is 29.1. The number of hydrogen-bond acceptors (Lipinski definition) is 4. The Morgan fingerprint density at radius 3 is 3.00 bits per heavy atom. The molecule has 0 aliphatic carbocycles. The zero-order valence-electron chi connectivity index (χ0n) is 13.8. The van der Waals surface area contributed by atoms with Crippen molar-refractivity contribution in [2.24, 2.45) is 18.4 Å². The fraction of sp³-hybridized carbons (Fsp3) is 0.750. The zero-order chi connectivity index (χ0) is 15.7. The third-order valence-electron chi connectivity index (χ3n) is 5.25. The Balaban J connectivity index is 1.66. The predicted molar refractivity (Wildman–Crippen MR) is 83.2 cm³/mol. The van der Waals surface area contributed by atoms with Crippen molar-refractivity contribution in [1.82, 2.24) is 19.6 Å². The lowest BCUT2D eigenvalue weighted by Gasteiger charge is -2.26. The highest BCUT2D eigenvalue weighted by Crippen LogP contribution is 2.44. The minimum atomic E-state index is -0.185. The first-order valence-electron chi connectivity index (χ1n) is 8.03. The number of rotatable bonds is 5. The highest BCUT2D eigenvalue weighted by atomic mass is 16.5. The second-order valence-electron chi connectivity index (χ2n) is 6.78. The van der Waals surface area contributed by atoms with Crippen LogP contribution in [0.15, 0.2) is 12.4 Å². The van der Waals surface area contributed by atoms with Crippen LogP contribution in [-0.2, 0) is 23.1 Å². The third kappa shape index (κ3) is 2.65. The van der Waals surface area contributed by atoms with Crippen molar-refractivity contribution in [2.45, 2.75) is 19.9 Å². The van der Waals surface area contributed by atoms with E-state index in [2.05, 4.69) is 23.1 Å². The number of likely N-dealkylation sites (tertiary alicyclic amines) is 2. The monoisotopic (exact) mass is 306 g/mol. The highest BCUT2D eigenvalue weighted by molar-refractivity contribution is 5.86. The van der Waals surface area contributed by atoms with Gasteiger partial charge >= 0.3 is 0 Å². The predicted octanol–water partition coefficient (Wildman–Crippen LogP) is 0.737. The Hall–Kier alpha value is -1.40. The van der Waals surface area contributed by atoms with Crippen LogP contribution in [0, 0.1) is 11.3 Å². The van der Waals surface area contributed by atoms with E-state index in [1.54, 1.807) is 7.11 Å². The molecule has 2 fully saturated rings. The van der Waals surface area contributed by atoms with Gasteiger partial charge in [-0.15, -0.1) is 0 Å². The van der Waals surface area contributed by atoms with Crippen molar-refractivity contribution in [1.29, 1.82) is 0 Å². The third-order valence-corrected chi connectivity index (χ3v) is 5.25. The molecule has 2 aliphatic heterocycles. The molecule has 1 aromatic heterocycles. The summed E-state index contributed by atoms with van der Waals surface area (Å²) in [6.07, 6.45) is 4.94. The molecule has 0 saturated carbocycles. The number of aromatic nitrogens is 2. The highest BCUT2D eigenvalue weighted by Gasteiger charge is 2.54. The van der Waals surface area contributed by atoms with Gasteiger partial charge in [-0.3, -0.25) is 14.4 Å². The summed E-state index contributed by atoms with van der Waals surface area (Å²) in [6, 6.07) is 0. The number of nitrogens with zero attached hydrogens (tertiary/aromatic N) is 4. The van der Waals surface area contributed by atoms with Gasteiger partial charge in [0.05, 0.1) is 18.2 Å². The summed E-state index contributed by atoms with van der Waals surface area (Å²) in [7, 11) is 3.62. The molecule has 3 heterocycles. The first kappa shape index (κ1) is 15.5. The van der Waals surface area contributed by atoms with E-state index in [9.17, 15) is 4.79 Å². The molecular weight excluding hydrogens is 280 g/mol. The van der Waals surface area contributed by atoms with Crippen molar-refractivity contribution in [3.8, 4) is 0 Å². The van der Waals surface area contributed by atoms with E-state index in [1.807, 2.05) is 22.8 Å². The lowest BCUT2D eigenvalue weighted by atomic mass is 9.78. The van der Waals surface area contributed by atoms with Crippen LogP contribution in [0.1, 0.15) is 18.9 Å². The largest absolute Gasteiger partial charge is 0.383 e. The van der Waals surface area contributed by atoms with Crippen LogP contribution in [0.4, 0.5) is 0 Å². The van der Waals surface area contributed by atoms with Crippen LogP contribution in [0.25, 0.3) is 0 Å². The lowest BCUT2D eigenvalue weighted by molar-refractivity contribution is -0.137. The zero-order valence-corrected chi connectivity index (χ0v) is 13.8. The standard InChI is InChI=1S/C16H26N4O2/c1-13-9-19(11-14-8-17-18(2)10-14)12-16(13)4-5-20(15(16)21)6-7-22-3/h8,10,13H,4-7,9,11-12H2,1-3H3/t13-,16-/m1/s1. The Morgan fingerprint density at radius 2 is 2.32 bits per heavy atom. The maximum atomic E-state index is 12.9. The lowest BCUT2D eigenvalue weighted by Crippen LogP contribution is -2.40. The quantitative estimate of drug-likeness (QED) is 0.805. The van der Waals surface area contributed by atoms with E-state index in [0.29, 0.717) is 25.0 Å². The van der Waals surface area contributed by atoms with Gasteiger partial charge in [0.15, 0.2) is 0 Å². The number of methoxy groups -OCH3 is 1. The minimum Gasteiger partial charge on any atom is -0.383 e. The smallest absolute Gasteiger partial charge is 0.230 e. The molecule has 0 aromatic carbocycles. The summed E-state index contributed by atoms with van der Waals surface area (Å²) in [5, 5.41) is 4.23. The average Bonchev–Trinajstić information content (AvgIpc) is 3.12. The van der Waals surface area contributed by atoms with Crippen LogP contribution >= 0.6 is 0 Å². The molecule has 3 rings (SSSR count). The second-order valence-corrected chi connectivity index (χ2v) is 6.78. The summed E-state index contributed by atoms with van der Waals surface area (Å²) in [6.45, 7) is 7.16. The van der Waals surface area contributed by atoms with E-state index >= 15 is 0 Å². The van der Waals surface area contributed by atoms with Crippen molar-refractivity contribution in [3.63, 3.8) is 0 Å². The summed E-state index contributed by atoms with van der Waals surface area (Å²) in [4.78, 5) is 17.3. The molecule has 0 bridgehead atoms. The summed E-state index contributed by atoms with van der Waals surface area (Å²) in [5.41, 5.74) is 1.03. The first-order chi connectivity index (χ1) is 10.5. The van der Waals surface area contributed by atoms with E-state index in [4.69, 9.17) is 4.74 Å². The number of hydrogen-bond donors (Lipinski definition) is 0. The van der Waals surface area contributed by atoms with Crippen molar-refractivity contribution < 1.29 is 9.53 Å². The Morgan fingerprint density at radius 1 is 1.50 bits per heavy atom. The number of ether oxygens (including phenoxy) is 1. The fourth-order valence-electron chi connectivity index (χ4n) is 3.99. The number of carbonyl (C=O) groups is 1. The molecule has 22 heavy (non-hydrogen) atoms. The molecule has 6 heteroatoms. The molecule has 2 atom stereocenters. The number of carbonyl (C=O) groups excluding carboxylic acids is 1. The van der Waals surface area contributed by atoms with Crippen molar-refractivity contribution >= 4 is 5.91 Å². The van der Waals surface area contributed by atoms with E-state index in [0.717, 1.165) is 32.6 Å². The van der Waals surface area contributed by atoms with Crippen molar-refractivity contribution in [2.75, 3.05) is 39.9 Å². The molecule has 1 amide bonds. The number of amides is 1. The summed E-state index contributed by atoms with van der Waals surface area (Å²) in [5.74, 6) is 0.731. The van der Waals surface area contributed by atoms with Crippen LogP contribution in [-0.4, -0.2) is 65.4 Å². The van der Waals surface area contributed by atoms with Crippen LogP contribution in [0.2, 0.25) is 0 Å². The van der Waals surface area contributed by atoms with Crippen molar-refractivity contribution in [3.05, 3.63) is 18.0 Å². The van der Waals surface area contributed by atoms with Crippen LogP contribution < -0.4 is 0 Å². The minimum absolute atomic E-state index is 0.185. The maximum absolute atomic E-state index is 12.9. The average molecular weight is 306 g/mol. The summed E-state index contributed by atoms with van der Waals surface area (Å²) >= 11 is 0. The van der Waals surface area contributed by atoms with E-state index in [-0.39, 0.29) is 5.41 Å². The first-order valence-corrected chi connectivity index (χ1v) is 8.03. The number of aryl methyl sites for hydroxylation is 1. The molecule has 2 aliphatic rings. The van der Waals surface area contributed by atoms with Gasteiger partial charge in [-0.05, 0) is 12.3 Å². The SMILES string of the molecule is COCCN1CC[C@]2(CN(Cc3cnn(C)c3)C[C@H]2C)C1=O. The molecule has 2 saturated heterocycles. The van der Waals surface area contributed by atoms with Crippen LogP contribution in [0.5, 0.6) is 0 Å². The maximum Gasteiger partial charge on any atom is 0.230 e. The van der Waals surface area contributed by atoms with Crippen LogP contribution in [0.3, 0.4) is 0 Å². The van der Waals surface area contributed by atoms with Gasteiger partial charge < -0.3 is 9.64 Å². The molecule has 0 radical (unpaired) electrons. The Bertz CT molecular complexity index is 544. The molecule has 1 aromatic rings. The fourth-order valence-corrected chi connectivity index (χ4v) is 3.99. The molecule has 122 valence electrons. The van der Waals surface area contributed by atoms with E-state index < -0.39 is 0 Å². The second kappa shape index (κ2) is 6.01. The molecular formula is C16H26N4O2. The van der Waals surface area contributed by atoms with Gasteiger partial charge in [0.2, 0.25) is 5.91 Å². The van der Waals surface area contributed by atoms with Gasteiger partial charge in [-0.1, -0.05) is 6.92 Å². The van der Waals surface area contributed by atoms with Gasteiger partial charge in [-0.2, -0.15) is 5.10 Å². The molecule has 1 spiro atoms. The van der Waals surface area contributed by atoms with Gasteiger partial charge in [0, 0.05) is 58.6 Å². The molecule has 0 N–H and O–H groups in total. The molecule has 6 nitrogen and oxygen atoms in total. The van der Waals surface area contributed by atoms with E-state index in [1.165, 1.54) is 5.56 Å². The summed E-state index contributed by atoms with van der Waals surface area (Å²) < 4.78 is 6.95. The molecule has 0 unspecified atom stereocenters. The van der Waals surface area contributed by atoms with Gasteiger partial charge in [0.1, 0.15) is 0 Å². The topological polar surface area (TPSA) is 50.6 Å². The van der Waals surface area contributed by atoms with Gasteiger partial charge in [-0.25, -0.2) is 0 Å². The van der Waals surface area contributed by atoms with Gasteiger partial charge in [0.25, 0.3) is 0 Å². The Kier molecular flexibility index (Phi) is 4.23. The Labute approximate surface area is 132 Å².